The van der Waals surface area contributed by atoms with Gasteiger partial charge in [0, 0.05) is 17.1 Å². The van der Waals surface area contributed by atoms with E-state index in [2.05, 4.69) is 37.3 Å². The van der Waals surface area contributed by atoms with Crippen molar-refractivity contribution in [1.82, 2.24) is 10.1 Å². The molecule has 1 aliphatic carbocycles. The number of carbonyl (C=O) groups is 1. The minimum Gasteiger partial charge on any atom is -0.397 e. The van der Waals surface area contributed by atoms with E-state index in [4.69, 9.17) is 15.2 Å². The molecule has 0 radical (unpaired) electrons. The maximum atomic E-state index is 12.6. The monoisotopic (exact) mass is 384 g/mol. The molecule has 0 fully saturated rings. The molecule has 4 rings (SSSR count). The number of fused-ring (bicyclic) bond motifs is 2. The van der Waals surface area contributed by atoms with E-state index in [1.54, 1.807) is 13.0 Å². The van der Waals surface area contributed by atoms with E-state index in [0.717, 1.165) is 35.2 Å². The number of hydrogen-bond donors (Lipinski definition) is 2. The van der Waals surface area contributed by atoms with Crippen molar-refractivity contribution < 1.29 is 9.32 Å². The van der Waals surface area contributed by atoms with Crippen molar-refractivity contribution in [2.75, 3.05) is 11.1 Å². The third-order valence-corrected chi connectivity index (χ3v) is 6.50. The van der Waals surface area contributed by atoms with Gasteiger partial charge in [0.15, 0.2) is 5.82 Å². The predicted molar refractivity (Wildman–Crippen MR) is 108 cm³/mol. The number of nitrogens with two attached hydrogens (primary N) is 1. The molecule has 0 aliphatic heterocycles. The summed E-state index contributed by atoms with van der Waals surface area (Å²) in [7, 11) is 0. The molecule has 0 saturated heterocycles. The van der Waals surface area contributed by atoms with Crippen molar-refractivity contribution in [2.24, 2.45) is 11.3 Å². The molecule has 1 aliphatic rings. The molecule has 6 nitrogen and oxygen atoms in total. The van der Waals surface area contributed by atoms with Crippen LogP contribution in [0.4, 0.5) is 11.5 Å². The smallest absolute Gasteiger partial charge is 0.269 e. The average Bonchev–Trinajstić information content (AvgIpc) is 3.15. The Hall–Kier alpha value is -2.41. The zero-order valence-corrected chi connectivity index (χ0v) is 16.9. The van der Waals surface area contributed by atoms with Crippen LogP contribution in [0.3, 0.4) is 0 Å². The van der Waals surface area contributed by atoms with Gasteiger partial charge in [0.2, 0.25) is 0 Å². The number of anilines is 2. The van der Waals surface area contributed by atoms with Crippen LogP contribution in [0.2, 0.25) is 0 Å². The van der Waals surface area contributed by atoms with Gasteiger partial charge in [-0.1, -0.05) is 25.9 Å². The fourth-order valence-corrected chi connectivity index (χ4v) is 4.69. The summed E-state index contributed by atoms with van der Waals surface area (Å²) in [5.74, 6) is 1.36. The van der Waals surface area contributed by atoms with Gasteiger partial charge >= 0.3 is 0 Å². The highest BCUT2D eigenvalue weighted by atomic mass is 32.1. The highest BCUT2D eigenvalue weighted by Crippen LogP contribution is 2.40. The van der Waals surface area contributed by atoms with E-state index in [0.29, 0.717) is 28.1 Å². The van der Waals surface area contributed by atoms with Gasteiger partial charge in [0.05, 0.1) is 5.69 Å². The van der Waals surface area contributed by atoms with E-state index in [-0.39, 0.29) is 11.3 Å². The van der Waals surface area contributed by atoms with Crippen LogP contribution in [-0.4, -0.2) is 16.0 Å². The fraction of sp³-hybridized carbons (Fsp3) is 0.450. The minimum absolute atomic E-state index is 0.271. The molecule has 3 N–H and O–H groups in total. The Labute approximate surface area is 162 Å². The second kappa shape index (κ2) is 6.34. The van der Waals surface area contributed by atoms with Gasteiger partial charge in [-0.15, -0.1) is 11.3 Å². The zero-order chi connectivity index (χ0) is 19.3. The number of nitrogens with one attached hydrogen (secondary N) is 1. The number of aryl methyl sites for hydroxylation is 2. The Morgan fingerprint density at radius 3 is 2.81 bits per heavy atom. The molecule has 7 heteroatoms. The largest absolute Gasteiger partial charge is 0.397 e. The highest BCUT2D eigenvalue weighted by Gasteiger charge is 2.30. The van der Waals surface area contributed by atoms with E-state index < -0.39 is 0 Å². The lowest BCUT2D eigenvalue weighted by Gasteiger charge is -2.34. The van der Waals surface area contributed by atoms with Crippen molar-refractivity contribution in [3.63, 3.8) is 0 Å². The third-order valence-electron chi connectivity index (χ3n) is 5.39. The molecule has 27 heavy (non-hydrogen) atoms. The van der Waals surface area contributed by atoms with Crippen LogP contribution in [0, 0.1) is 18.3 Å². The summed E-state index contributed by atoms with van der Waals surface area (Å²) in [6.45, 7) is 8.65. The van der Waals surface area contributed by atoms with Crippen molar-refractivity contribution in [3.05, 3.63) is 34.0 Å². The van der Waals surface area contributed by atoms with E-state index in [1.807, 2.05) is 0 Å². The molecule has 0 aromatic carbocycles. The fourth-order valence-electron chi connectivity index (χ4n) is 3.70. The number of pyridine rings is 1. The highest BCUT2D eigenvalue weighted by molar-refractivity contribution is 7.21. The maximum absolute atomic E-state index is 12.6. The van der Waals surface area contributed by atoms with E-state index in [9.17, 15) is 4.79 Å². The van der Waals surface area contributed by atoms with Crippen molar-refractivity contribution in [1.29, 1.82) is 0 Å². The molecular weight excluding hydrogens is 360 g/mol. The van der Waals surface area contributed by atoms with Crippen LogP contribution in [0.5, 0.6) is 0 Å². The average molecular weight is 385 g/mol. The number of aromatic nitrogens is 2. The van der Waals surface area contributed by atoms with Crippen LogP contribution in [0.1, 0.15) is 53.9 Å². The molecule has 3 aromatic heterocycles. The molecule has 1 amide bonds. The van der Waals surface area contributed by atoms with E-state index >= 15 is 0 Å². The van der Waals surface area contributed by atoms with E-state index in [1.165, 1.54) is 16.9 Å². The number of nitrogen functional groups attached to an aromatic ring is 1. The molecule has 142 valence electrons. The first kappa shape index (κ1) is 18.0. The van der Waals surface area contributed by atoms with Crippen LogP contribution in [0.15, 0.2) is 16.7 Å². The SMILES string of the molecule is Cc1cc(NC(=O)c2sc3nc4c(cc3c2N)C[C@H](C(C)(C)C)CC4)no1. The Kier molecular flexibility index (Phi) is 4.22. The first-order valence-electron chi connectivity index (χ1n) is 9.18. The van der Waals surface area contributed by atoms with Gasteiger partial charge in [-0.2, -0.15) is 0 Å². The Balaban J connectivity index is 1.67. The minimum atomic E-state index is -0.283. The summed E-state index contributed by atoms with van der Waals surface area (Å²) in [5.41, 5.74) is 9.48. The molecule has 0 bridgehead atoms. The Bertz CT molecular complexity index is 1030. The van der Waals surface area contributed by atoms with Gasteiger partial charge in [-0.25, -0.2) is 4.98 Å². The molecule has 3 heterocycles. The van der Waals surface area contributed by atoms with Crippen molar-refractivity contribution in [3.8, 4) is 0 Å². The van der Waals surface area contributed by atoms with Crippen LogP contribution in [0.25, 0.3) is 10.2 Å². The predicted octanol–water partition coefficient (Wildman–Crippen LogP) is 4.58. The molecule has 1 atom stereocenters. The first-order chi connectivity index (χ1) is 12.7. The summed E-state index contributed by atoms with van der Waals surface area (Å²) >= 11 is 1.33. The van der Waals surface area contributed by atoms with Gasteiger partial charge in [0.1, 0.15) is 15.5 Å². The number of thiophene rings is 1. The molecule has 3 aromatic rings. The molecule has 0 saturated carbocycles. The van der Waals surface area contributed by atoms with Gasteiger partial charge in [-0.05, 0) is 49.1 Å². The Morgan fingerprint density at radius 2 is 2.15 bits per heavy atom. The van der Waals surface area contributed by atoms with Crippen LogP contribution >= 0.6 is 11.3 Å². The normalized spacial score (nSPS) is 17.1. The number of carbonyl (C=O) groups excluding carboxylic acids is 1. The quantitative estimate of drug-likeness (QED) is 0.674. The molecule has 0 spiro atoms. The van der Waals surface area contributed by atoms with Gasteiger partial charge < -0.3 is 15.6 Å². The number of nitrogens with zero attached hydrogens (tertiary/aromatic N) is 2. The summed E-state index contributed by atoms with van der Waals surface area (Å²) in [6.07, 6.45) is 3.14. The van der Waals surface area contributed by atoms with Crippen LogP contribution in [-0.2, 0) is 12.8 Å². The van der Waals surface area contributed by atoms with Crippen molar-refractivity contribution in [2.45, 2.75) is 47.0 Å². The standard InChI is InChI=1S/C20H24N4O2S/c1-10-7-15(24-26-10)23-18(25)17-16(21)13-9-11-8-12(20(2,3)4)5-6-14(11)22-19(13)27-17/h7,9,12H,5-6,8,21H2,1-4H3,(H,23,24,25)/t12-/m1/s1. The summed E-state index contributed by atoms with van der Waals surface area (Å²) in [4.78, 5) is 18.7. The van der Waals surface area contributed by atoms with Crippen LogP contribution < -0.4 is 11.1 Å². The Morgan fingerprint density at radius 1 is 1.37 bits per heavy atom. The summed E-state index contributed by atoms with van der Waals surface area (Å²) in [6, 6.07) is 3.81. The second-order valence-corrected chi connectivity index (χ2v) is 9.37. The number of amides is 1. The molecule has 0 unspecified atom stereocenters. The summed E-state index contributed by atoms with van der Waals surface area (Å²) < 4.78 is 4.99. The van der Waals surface area contributed by atoms with Gasteiger partial charge in [0.25, 0.3) is 5.91 Å². The topological polar surface area (TPSA) is 94.0 Å². The van der Waals surface area contributed by atoms with Gasteiger partial charge in [-0.3, -0.25) is 4.79 Å². The lowest BCUT2D eigenvalue weighted by molar-refractivity contribution is 0.103. The first-order valence-corrected chi connectivity index (χ1v) is 9.99. The maximum Gasteiger partial charge on any atom is 0.269 e. The van der Waals surface area contributed by atoms with Crippen molar-refractivity contribution >= 4 is 39.0 Å². The number of rotatable bonds is 2. The zero-order valence-electron chi connectivity index (χ0n) is 16.0. The lowest BCUT2D eigenvalue weighted by Crippen LogP contribution is -2.27. The third kappa shape index (κ3) is 3.32. The summed E-state index contributed by atoms with van der Waals surface area (Å²) in [5, 5.41) is 7.41. The second-order valence-electron chi connectivity index (χ2n) is 8.37. The molecular formula is C20H24N4O2S. The lowest BCUT2D eigenvalue weighted by atomic mass is 9.71. The number of hydrogen-bond acceptors (Lipinski definition) is 6.